The molecule has 1 fully saturated rings. The molecule has 0 bridgehead atoms. The predicted octanol–water partition coefficient (Wildman–Crippen LogP) is 1.43. The summed E-state index contributed by atoms with van der Waals surface area (Å²) < 4.78 is 15.1. The standard InChI is InChI=1S/C14H18O6/c1-10-11(20-14(2,19-10)13(16)17)8-6-4-5-7-9-12(15)18-3/h4-11H,1-3H3,(H,16,17)/b5-4+,8-6+,9-7+/t10-,11-,14-/m0/s1. The molecule has 1 rings (SSSR count). The van der Waals surface area contributed by atoms with Gasteiger partial charge in [-0.1, -0.05) is 30.4 Å². The SMILES string of the molecule is COC(=O)/C=C/C=C/C=C/[C@@H]1O[C@@](C)(C(=O)O)O[C@H]1C. The van der Waals surface area contributed by atoms with Crippen LogP contribution < -0.4 is 0 Å². The first-order chi connectivity index (χ1) is 9.39. The molecular formula is C14H18O6. The molecule has 1 N–H and O–H groups in total. The van der Waals surface area contributed by atoms with Gasteiger partial charge in [0.15, 0.2) is 0 Å². The Bertz CT molecular complexity index is 451. The van der Waals surface area contributed by atoms with Crippen molar-refractivity contribution in [2.24, 2.45) is 0 Å². The van der Waals surface area contributed by atoms with Gasteiger partial charge in [-0.3, -0.25) is 0 Å². The summed E-state index contributed by atoms with van der Waals surface area (Å²) >= 11 is 0. The van der Waals surface area contributed by atoms with Crippen LogP contribution in [0.3, 0.4) is 0 Å². The Labute approximate surface area is 117 Å². The molecule has 0 spiro atoms. The van der Waals surface area contributed by atoms with E-state index < -0.39 is 23.8 Å². The van der Waals surface area contributed by atoms with Gasteiger partial charge in [0.05, 0.1) is 13.2 Å². The number of ether oxygens (including phenoxy) is 3. The number of esters is 1. The molecule has 6 heteroatoms. The average molecular weight is 282 g/mol. The Balaban J connectivity index is 2.51. The Morgan fingerprint density at radius 2 is 1.85 bits per heavy atom. The number of aliphatic carboxylic acids is 1. The van der Waals surface area contributed by atoms with Gasteiger partial charge in [0.1, 0.15) is 6.10 Å². The second kappa shape index (κ2) is 7.02. The molecule has 110 valence electrons. The van der Waals surface area contributed by atoms with E-state index in [1.165, 1.54) is 26.2 Å². The van der Waals surface area contributed by atoms with Crippen LogP contribution in [0.15, 0.2) is 36.5 Å². The topological polar surface area (TPSA) is 82.1 Å². The lowest BCUT2D eigenvalue weighted by molar-refractivity contribution is -0.200. The van der Waals surface area contributed by atoms with Crippen molar-refractivity contribution < 1.29 is 28.9 Å². The summed E-state index contributed by atoms with van der Waals surface area (Å²) in [5.74, 6) is -3.20. The van der Waals surface area contributed by atoms with E-state index >= 15 is 0 Å². The van der Waals surface area contributed by atoms with Crippen molar-refractivity contribution in [3.05, 3.63) is 36.5 Å². The zero-order valence-corrected chi connectivity index (χ0v) is 11.6. The van der Waals surface area contributed by atoms with E-state index in [-0.39, 0.29) is 6.10 Å². The summed E-state index contributed by atoms with van der Waals surface area (Å²) in [7, 11) is 1.30. The number of rotatable bonds is 5. The van der Waals surface area contributed by atoms with Gasteiger partial charge < -0.3 is 19.3 Å². The van der Waals surface area contributed by atoms with Gasteiger partial charge in [0, 0.05) is 13.0 Å². The largest absolute Gasteiger partial charge is 0.477 e. The molecule has 0 aromatic rings. The van der Waals surface area contributed by atoms with Crippen LogP contribution in [0.25, 0.3) is 0 Å². The maximum absolute atomic E-state index is 11.0. The lowest BCUT2D eigenvalue weighted by Crippen LogP contribution is -2.36. The van der Waals surface area contributed by atoms with Gasteiger partial charge >= 0.3 is 11.9 Å². The van der Waals surface area contributed by atoms with Crippen LogP contribution in [-0.2, 0) is 23.8 Å². The highest BCUT2D eigenvalue weighted by Crippen LogP contribution is 2.29. The minimum absolute atomic E-state index is 0.355. The van der Waals surface area contributed by atoms with Crippen LogP contribution in [0.1, 0.15) is 13.8 Å². The van der Waals surface area contributed by atoms with Crippen molar-refractivity contribution in [3.8, 4) is 0 Å². The van der Waals surface area contributed by atoms with Crippen molar-refractivity contribution in [1.82, 2.24) is 0 Å². The number of carbonyl (C=O) groups is 2. The molecule has 0 amide bonds. The fourth-order valence-corrected chi connectivity index (χ4v) is 1.61. The lowest BCUT2D eigenvalue weighted by Gasteiger charge is -2.16. The lowest BCUT2D eigenvalue weighted by atomic mass is 10.2. The third-order valence-electron chi connectivity index (χ3n) is 2.69. The van der Waals surface area contributed by atoms with Crippen LogP contribution in [0.4, 0.5) is 0 Å². The van der Waals surface area contributed by atoms with E-state index in [1.807, 2.05) is 0 Å². The third-order valence-corrected chi connectivity index (χ3v) is 2.69. The average Bonchev–Trinajstić information content (AvgIpc) is 2.69. The molecule has 0 aromatic carbocycles. The molecule has 6 nitrogen and oxygen atoms in total. The maximum atomic E-state index is 11.0. The molecule has 0 aliphatic carbocycles. The summed E-state index contributed by atoms with van der Waals surface area (Å²) in [6.45, 7) is 3.11. The fourth-order valence-electron chi connectivity index (χ4n) is 1.61. The summed E-state index contributed by atoms with van der Waals surface area (Å²) in [5.41, 5.74) is 0. The van der Waals surface area contributed by atoms with Gasteiger partial charge in [-0.2, -0.15) is 0 Å². The highest BCUT2D eigenvalue weighted by molar-refractivity contribution is 5.82. The van der Waals surface area contributed by atoms with E-state index in [4.69, 9.17) is 14.6 Å². The van der Waals surface area contributed by atoms with Crippen LogP contribution in [0.2, 0.25) is 0 Å². The first-order valence-corrected chi connectivity index (χ1v) is 6.07. The molecule has 20 heavy (non-hydrogen) atoms. The normalized spacial score (nSPS) is 30.6. The zero-order chi connectivity index (χ0) is 15.2. The Kier molecular flexibility index (Phi) is 5.66. The van der Waals surface area contributed by atoms with Crippen LogP contribution in [-0.4, -0.2) is 42.1 Å². The van der Waals surface area contributed by atoms with Gasteiger partial charge in [-0.15, -0.1) is 0 Å². The first-order valence-electron chi connectivity index (χ1n) is 6.07. The van der Waals surface area contributed by atoms with Crippen molar-refractivity contribution in [3.63, 3.8) is 0 Å². The number of allylic oxidation sites excluding steroid dienone is 4. The van der Waals surface area contributed by atoms with E-state index in [2.05, 4.69) is 4.74 Å². The highest BCUT2D eigenvalue weighted by Gasteiger charge is 2.47. The Hall–Kier alpha value is -1.92. The molecular weight excluding hydrogens is 264 g/mol. The smallest absolute Gasteiger partial charge is 0.364 e. The predicted molar refractivity (Wildman–Crippen MR) is 70.9 cm³/mol. The van der Waals surface area contributed by atoms with Gasteiger partial charge in [-0.05, 0) is 6.92 Å². The first kappa shape index (κ1) is 16.1. The quantitative estimate of drug-likeness (QED) is 0.466. The number of carboxylic acids is 1. The van der Waals surface area contributed by atoms with Crippen LogP contribution in [0, 0.1) is 0 Å². The number of carbonyl (C=O) groups excluding carboxylic acids is 1. The Morgan fingerprint density at radius 1 is 1.20 bits per heavy atom. The summed E-state index contributed by atoms with van der Waals surface area (Å²) in [6, 6.07) is 0. The minimum Gasteiger partial charge on any atom is -0.477 e. The molecule has 0 aromatic heterocycles. The molecule has 0 saturated carbocycles. The Morgan fingerprint density at radius 3 is 2.40 bits per heavy atom. The third kappa shape index (κ3) is 4.32. The summed E-state index contributed by atoms with van der Waals surface area (Å²) in [5, 5.41) is 8.98. The molecule has 1 aliphatic rings. The second-order valence-corrected chi connectivity index (χ2v) is 4.31. The van der Waals surface area contributed by atoms with Crippen LogP contribution >= 0.6 is 0 Å². The monoisotopic (exact) mass is 282 g/mol. The highest BCUT2D eigenvalue weighted by atomic mass is 16.8. The number of hydrogen-bond acceptors (Lipinski definition) is 5. The van der Waals surface area contributed by atoms with E-state index in [9.17, 15) is 9.59 Å². The van der Waals surface area contributed by atoms with Gasteiger partial charge in [-0.25, -0.2) is 9.59 Å². The van der Waals surface area contributed by atoms with Crippen molar-refractivity contribution in [1.29, 1.82) is 0 Å². The summed E-state index contributed by atoms with van der Waals surface area (Å²) in [6.07, 6.45) is 8.74. The van der Waals surface area contributed by atoms with E-state index in [1.54, 1.807) is 31.2 Å². The molecule has 1 heterocycles. The maximum Gasteiger partial charge on any atom is 0.364 e. The second-order valence-electron chi connectivity index (χ2n) is 4.31. The van der Waals surface area contributed by atoms with Gasteiger partial charge in [0.25, 0.3) is 5.79 Å². The molecule has 1 saturated heterocycles. The van der Waals surface area contributed by atoms with Crippen molar-refractivity contribution in [2.45, 2.75) is 31.8 Å². The number of methoxy groups -OCH3 is 1. The summed E-state index contributed by atoms with van der Waals surface area (Å²) in [4.78, 5) is 21.8. The van der Waals surface area contributed by atoms with E-state index in [0.717, 1.165) is 0 Å². The molecule has 0 unspecified atom stereocenters. The van der Waals surface area contributed by atoms with Crippen molar-refractivity contribution in [2.75, 3.05) is 7.11 Å². The van der Waals surface area contributed by atoms with Gasteiger partial charge in [0.2, 0.25) is 0 Å². The molecule has 0 radical (unpaired) electrons. The van der Waals surface area contributed by atoms with Crippen LogP contribution in [0.5, 0.6) is 0 Å². The van der Waals surface area contributed by atoms with E-state index in [0.29, 0.717) is 0 Å². The number of hydrogen-bond donors (Lipinski definition) is 1. The molecule has 3 atom stereocenters. The molecule has 1 aliphatic heterocycles. The number of carboxylic acid groups (broad SMARTS) is 1. The fraction of sp³-hybridized carbons (Fsp3) is 0.429. The van der Waals surface area contributed by atoms with Crippen molar-refractivity contribution >= 4 is 11.9 Å². The zero-order valence-electron chi connectivity index (χ0n) is 11.6. The minimum atomic E-state index is -1.61.